The zero-order chi connectivity index (χ0) is 61.7. The number of fused-ring (bicyclic) bond motifs is 3. The maximum Gasteiger partial charge on any atom is 0.363 e. The first-order valence-electron chi connectivity index (χ1n) is 26.3. The zero-order valence-corrected chi connectivity index (χ0v) is 49.1. The van der Waals surface area contributed by atoms with Crippen LogP contribution in [-0.4, -0.2) is 140 Å². The van der Waals surface area contributed by atoms with Crippen LogP contribution < -0.4 is 4.90 Å². The van der Waals surface area contributed by atoms with Gasteiger partial charge in [-0.05, 0) is 105 Å². The molecule has 28 heteroatoms. The van der Waals surface area contributed by atoms with Gasteiger partial charge < -0.3 is 14.6 Å². The van der Waals surface area contributed by atoms with E-state index in [0.29, 0.717) is 69.3 Å². The van der Waals surface area contributed by atoms with Crippen molar-refractivity contribution in [2.24, 2.45) is 15.4 Å². The molecular formula is C56H62N6O19S3. The number of nitrogens with zero attached hydrogens (tertiary/aromatic N) is 6. The van der Waals surface area contributed by atoms with Gasteiger partial charge in [0.2, 0.25) is 0 Å². The summed E-state index contributed by atoms with van der Waals surface area (Å²) in [6, 6.07) is 10.8. The van der Waals surface area contributed by atoms with Crippen LogP contribution in [0.15, 0.2) is 128 Å². The number of carbonyl (C=O) groups is 7. The van der Waals surface area contributed by atoms with Crippen LogP contribution in [0, 0.1) is 5.41 Å². The number of likely N-dealkylation sites (N-methyl/N-ethyl adjacent to an activating group) is 2. The molecule has 1 atom stereocenters. The van der Waals surface area contributed by atoms with Crippen LogP contribution in [0.3, 0.4) is 0 Å². The highest BCUT2D eigenvalue weighted by molar-refractivity contribution is 7.87. The van der Waals surface area contributed by atoms with E-state index in [2.05, 4.69) is 4.99 Å². The predicted molar refractivity (Wildman–Crippen MR) is 303 cm³/mol. The normalized spacial score (nSPS) is 20.0. The van der Waals surface area contributed by atoms with Crippen molar-refractivity contribution in [3.8, 4) is 0 Å². The fourth-order valence-corrected chi connectivity index (χ4v) is 11.8. The summed E-state index contributed by atoms with van der Waals surface area (Å²) in [5.41, 5.74) is 1.16. The lowest BCUT2D eigenvalue weighted by Crippen LogP contribution is -2.32. The lowest BCUT2D eigenvalue weighted by atomic mass is 9.74. The third-order valence-corrected chi connectivity index (χ3v) is 16.9. The average molecular weight is 1220 g/mol. The summed E-state index contributed by atoms with van der Waals surface area (Å²) in [6.45, 7) is 7.19. The number of hydroxylamine groups is 6. The van der Waals surface area contributed by atoms with Crippen LogP contribution in [0.5, 0.6) is 0 Å². The van der Waals surface area contributed by atoms with Crippen molar-refractivity contribution < 1.29 is 87.0 Å². The Kier molecular flexibility index (Phi) is 19.4. The lowest BCUT2D eigenvalue weighted by molar-refractivity contribution is -0.197. The number of rotatable bonds is 23. The fraction of sp³-hybridized carbons (Fsp3) is 0.375. The Hall–Kier alpha value is -7.86. The molecule has 0 radical (unpaired) electrons. The average Bonchev–Trinajstić information content (AvgIpc) is 1.53. The van der Waals surface area contributed by atoms with Crippen molar-refractivity contribution >= 4 is 99.8 Å². The van der Waals surface area contributed by atoms with Crippen molar-refractivity contribution in [2.45, 2.75) is 107 Å². The number of aliphatic imine (C=N–C) groups is 2. The number of anilines is 1. The van der Waals surface area contributed by atoms with E-state index in [1.54, 1.807) is 79.6 Å². The van der Waals surface area contributed by atoms with E-state index in [-0.39, 0.29) is 85.8 Å². The molecule has 5 amide bonds. The molecule has 4 aliphatic rings. The molecule has 4 heterocycles. The Morgan fingerprint density at radius 2 is 1.40 bits per heavy atom. The number of hydrogen-bond acceptors (Lipinski definition) is 18. The van der Waals surface area contributed by atoms with Gasteiger partial charge in [0, 0.05) is 91.5 Å². The quantitative estimate of drug-likeness (QED) is 0.0241. The van der Waals surface area contributed by atoms with Gasteiger partial charge in [0.05, 0.1) is 28.5 Å². The summed E-state index contributed by atoms with van der Waals surface area (Å²) in [4.78, 5) is 112. The zero-order valence-electron chi connectivity index (χ0n) is 46.6. The fourth-order valence-electron chi connectivity index (χ4n) is 10.0. The first-order valence-corrected chi connectivity index (χ1v) is 30.8. The van der Waals surface area contributed by atoms with Gasteiger partial charge in [-0.2, -0.15) is 25.3 Å². The number of amides is 5. The van der Waals surface area contributed by atoms with Crippen molar-refractivity contribution in [2.75, 3.05) is 37.9 Å². The molecule has 0 aliphatic carbocycles. The third-order valence-electron chi connectivity index (χ3n) is 14.4. The van der Waals surface area contributed by atoms with Crippen molar-refractivity contribution in [3.63, 3.8) is 0 Å². The SMILES string of the molecule is C/C=C(\C=C1C(=NCCCS(=O)(=O)O)N=C(/C=C/C=C/C=C2/N(C)c3ccc4c(S(=O)(=O)O)cc(S(=O)(=O)O)cc4c3C2(C)Cc2ccc(C(=O)ON3C(=O)CCC3=O)cc2)C1(C)C)C(=O)N(C)OCCCCCC(=O)ON1C(=O)CCC1=O. The standard InChI is InChI=1S/C56H62N6O19S3/c1-7-36(53(68)60(6)79-29-13-9-12-17-50(67)80-61-46(63)24-25-47(61)64)31-41-52(57-28-14-30-82(70,71)72)58-44(55(41,2)3)15-10-8-11-16-45-56(4,34-35-18-20-37(21-19-35)54(69)81-62-48(65)26-27-49(62)66)51-40-32-38(83(73,74)75)33-43(84(76,77)78)39(40)22-23-42(51)59(45)5/h7-8,10-11,15-16,18-23,31-33H,9,12-14,17,24-30,34H2,1-6H3,(H,70,71,72)(H,73,74,75)(H,76,77,78)/b11-8+,15-10+,36-7+,41-31?,45-16+,57-52?. The van der Waals surface area contributed by atoms with Crippen molar-refractivity contribution in [3.05, 3.63) is 125 Å². The van der Waals surface area contributed by atoms with Gasteiger partial charge in [-0.25, -0.2) is 19.6 Å². The first kappa shape index (κ1) is 63.7. The molecule has 0 spiro atoms. The summed E-state index contributed by atoms with van der Waals surface area (Å²) >= 11 is 0. The van der Waals surface area contributed by atoms with Crippen LogP contribution in [0.25, 0.3) is 10.8 Å². The number of imide groups is 2. The number of unbranched alkanes of at least 4 members (excludes halogenated alkanes) is 2. The monoisotopic (exact) mass is 1220 g/mol. The third kappa shape index (κ3) is 14.5. The van der Waals surface area contributed by atoms with Crippen LogP contribution in [0.1, 0.15) is 107 Å². The summed E-state index contributed by atoms with van der Waals surface area (Å²) < 4.78 is 104. The number of amidine groups is 1. The van der Waals surface area contributed by atoms with E-state index in [1.165, 1.54) is 25.2 Å². The Morgan fingerprint density at radius 3 is 2.00 bits per heavy atom. The van der Waals surface area contributed by atoms with Crippen LogP contribution in [-0.2, 0) is 85.5 Å². The van der Waals surface area contributed by atoms with Crippen LogP contribution >= 0.6 is 0 Å². The topological polar surface area (TPSA) is 348 Å². The molecule has 0 saturated carbocycles. The molecule has 3 aromatic rings. The van der Waals surface area contributed by atoms with Crippen molar-refractivity contribution in [1.29, 1.82) is 0 Å². The maximum absolute atomic E-state index is 13.8. The molecule has 3 aromatic carbocycles. The minimum Gasteiger partial charge on any atom is -0.347 e. The Morgan fingerprint density at radius 1 is 0.774 bits per heavy atom. The van der Waals surface area contributed by atoms with Gasteiger partial charge in [0.25, 0.3) is 59.9 Å². The lowest BCUT2D eigenvalue weighted by Gasteiger charge is -2.30. The summed E-state index contributed by atoms with van der Waals surface area (Å²) in [7, 11) is -11.3. The molecule has 3 N–H and O–H groups in total. The van der Waals surface area contributed by atoms with E-state index in [0.717, 1.165) is 11.1 Å². The van der Waals surface area contributed by atoms with Gasteiger partial charge in [-0.15, -0.1) is 10.1 Å². The second-order valence-corrected chi connectivity index (χ2v) is 25.1. The van der Waals surface area contributed by atoms with Crippen LogP contribution in [0.2, 0.25) is 0 Å². The Bertz CT molecular complexity index is 3770. The van der Waals surface area contributed by atoms with Gasteiger partial charge in [-0.1, -0.05) is 62.8 Å². The number of carbonyl (C=O) groups excluding carboxylic acids is 7. The van der Waals surface area contributed by atoms with Gasteiger partial charge in [0.15, 0.2) is 5.84 Å². The predicted octanol–water partition coefficient (Wildman–Crippen LogP) is 6.09. The maximum atomic E-state index is 13.8. The summed E-state index contributed by atoms with van der Waals surface area (Å²) in [5, 5.41) is 1.99. The van der Waals surface area contributed by atoms with Gasteiger partial charge in [0.1, 0.15) is 4.90 Å². The Balaban J connectivity index is 1.15. The van der Waals surface area contributed by atoms with Gasteiger partial charge >= 0.3 is 11.9 Å². The molecule has 0 aromatic heterocycles. The van der Waals surface area contributed by atoms with E-state index in [9.17, 15) is 72.5 Å². The number of allylic oxidation sites excluding steroid dienone is 7. The molecule has 2 saturated heterocycles. The molecule has 25 nitrogen and oxygen atoms in total. The summed E-state index contributed by atoms with van der Waals surface area (Å²) in [6.07, 6.45) is 12.8. The van der Waals surface area contributed by atoms with E-state index in [4.69, 9.17) is 19.5 Å². The minimum absolute atomic E-state index is 0.00795. The Labute approximate surface area is 484 Å². The molecule has 4 aliphatic heterocycles. The smallest absolute Gasteiger partial charge is 0.347 e. The highest BCUT2D eigenvalue weighted by Gasteiger charge is 2.45. The molecule has 448 valence electrons. The van der Waals surface area contributed by atoms with E-state index in [1.807, 2.05) is 20.8 Å². The first-order chi connectivity index (χ1) is 39.3. The minimum atomic E-state index is -5.07. The van der Waals surface area contributed by atoms with E-state index >= 15 is 0 Å². The van der Waals surface area contributed by atoms with Crippen LogP contribution in [0.4, 0.5) is 5.69 Å². The highest BCUT2D eigenvalue weighted by Crippen LogP contribution is 2.53. The molecule has 0 bridgehead atoms. The molecule has 84 heavy (non-hydrogen) atoms. The number of hydrogen-bond donors (Lipinski definition) is 3. The second-order valence-electron chi connectivity index (χ2n) is 20.7. The number of benzene rings is 3. The molecule has 2 fully saturated rings. The largest absolute Gasteiger partial charge is 0.363 e. The van der Waals surface area contributed by atoms with E-state index < -0.39 is 98.2 Å². The van der Waals surface area contributed by atoms with Gasteiger partial charge in [-0.3, -0.25) is 47.5 Å². The molecule has 7 rings (SSSR count). The summed E-state index contributed by atoms with van der Waals surface area (Å²) in [5.74, 6) is -5.06. The van der Waals surface area contributed by atoms with Crippen molar-refractivity contribution in [1.82, 2.24) is 15.2 Å². The second kappa shape index (κ2) is 25.6. The highest BCUT2D eigenvalue weighted by atomic mass is 32.2. The molecular weight excluding hydrogens is 1160 g/mol. The molecule has 1 unspecified atom stereocenters.